The van der Waals surface area contributed by atoms with Crippen molar-refractivity contribution in [1.82, 2.24) is 10.4 Å². The molecule has 0 radical (unpaired) electrons. The lowest BCUT2D eigenvalue weighted by Gasteiger charge is -2.18. The number of rotatable bonds is 3. The van der Waals surface area contributed by atoms with Gasteiger partial charge in [-0.05, 0) is 30.5 Å². The number of hydrogen-bond acceptors (Lipinski definition) is 3. The minimum Gasteiger partial charge on any atom is -0.316 e. The molecular formula is C12H18N2O. The van der Waals surface area contributed by atoms with Crippen molar-refractivity contribution < 1.29 is 5.21 Å². The number of hydroxylamine groups is 1. The summed E-state index contributed by atoms with van der Waals surface area (Å²) in [5, 5.41) is 8.65. The van der Waals surface area contributed by atoms with Crippen LogP contribution >= 0.6 is 0 Å². The quantitative estimate of drug-likeness (QED) is 0.741. The van der Waals surface area contributed by atoms with Gasteiger partial charge in [0.05, 0.1) is 0 Å². The fourth-order valence-electron chi connectivity index (χ4n) is 2.04. The van der Waals surface area contributed by atoms with E-state index in [0.717, 1.165) is 18.7 Å². The highest BCUT2D eigenvalue weighted by molar-refractivity contribution is 5.34. The highest BCUT2D eigenvalue weighted by Gasteiger charge is 2.20. The van der Waals surface area contributed by atoms with Crippen molar-refractivity contribution in [2.24, 2.45) is 0 Å². The second-order valence-corrected chi connectivity index (χ2v) is 4.44. The SMILES string of the molecule is CC(C)N1Cc2ccc(CNO)cc2C1. The molecule has 2 N–H and O–H groups in total. The van der Waals surface area contributed by atoms with Crippen molar-refractivity contribution in [3.8, 4) is 0 Å². The molecule has 0 amide bonds. The lowest BCUT2D eigenvalue weighted by atomic mass is 10.1. The van der Waals surface area contributed by atoms with Gasteiger partial charge in [0.2, 0.25) is 0 Å². The summed E-state index contributed by atoms with van der Waals surface area (Å²) in [6, 6.07) is 7.02. The maximum absolute atomic E-state index is 8.65. The molecule has 0 aromatic heterocycles. The molecule has 3 nitrogen and oxygen atoms in total. The third-order valence-electron chi connectivity index (χ3n) is 3.03. The second kappa shape index (κ2) is 4.31. The summed E-state index contributed by atoms with van der Waals surface area (Å²) in [6.45, 7) is 7.06. The molecule has 0 fully saturated rings. The first-order chi connectivity index (χ1) is 7.20. The summed E-state index contributed by atoms with van der Waals surface area (Å²) in [5.41, 5.74) is 6.16. The van der Waals surface area contributed by atoms with Crippen LogP contribution < -0.4 is 5.48 Å². The molecule has 82 valence electrons. The monoisotopic (exact) mass is 206 g/mol. The predicted octanol–water partition coefficient (Wildman–Crippen LogP) is 1.89. The topological polar surface area (TPSA) is 35.5 Å². The van der Waals surface area contributed by atoms with Crippen LogP contribution in [0.25, 0.3) is 0 Å². The standard InChI is InChI=1S/C12H18N2O/c1-9(2)14-7-11-4-3-10(6-13-15)5-12(11)8-14/h3-5,9,13,15H,6-8H2,1-2H3. The Hall–Kier alpha value is -0.900. The van der Waals surface area contributed by atoms with Crippen LogP contribution in [0.2, 0.25) is 0 Å². The number of hydrogen-bond donors (Lipinski definition) is 2. The summed E-state index contributed by atoms with van der Waals surface area (Å²) >= 11 is 0. The molecule has 2 rings (SSSR count). The maximum Gasteiger partial charge on any atom is 0.0458 e. The van der Waals surface area contributed by atoms with Gasteiger partial charge in [0.25, 0.3) is 0 Å². The van der Waals surface area contributed by atoms with E-state index in [1.807, 2.05) is 0 Å². The average Bonchev–Trinajstić information content (AvgIpc) is 2.61. The molecule has 0 bridgehead atoms. The molecule has 0 unspecified atom stereocenters. The van der Waals surface area contributed by atoms with Gasteiger partial charge in [0.15, 0.2) is 0 Å². The minimum absolute atomic E-state index is 0.523. The number of benzene rings is 1. The van der Waals surface area contributed by atoms with Crippen molar-refractivity contribution >= 4 is 0 Å². The van der Waals surface area contributed by atoms with E-state index in [1.165, 1.54) is 11.1 Å². The average molecular weight is 206 g/mol. The first-order valence-corrected chi connectivity index (χ1v) is 5.42. The van der Waals surface area contributed by atoms with Crippen molar-refractivity contribution in [2.75, 3.05) is 0 Å². The van der Waals surface area contributed by atoms with Gasteiger partial charge in [0, 0.05) is 25.7 Å². The molecule has 15 heavy (non-hydrogen) atoms. The van der Waals surface area contributed by atoms with Gasteiger partial charge in [-0.15, -0.1) is 0 Å². The third-order valence-corrected chi connectivity index (χ3v) is 3.03. The molecular weight excluding hydrogens is 188 g/mol. The summed E-state index contributed by atoms with van der Waals surface area (Å²) < 4.78 is 0. The zero-order chi connectivity index (χ0) is 10.8. The minimum atomic E-state index is 0.523. The number of fused-ring (bicyclic) bond motifs is 1. The Balaban J connectivity index is 2.16. The fraction of sp³-hybridized carbons (Fsp3) is 0.500. The molecule has 0 spiro atoms. The first kappa shape index (κ1) is 10.6. The summed E-state index contributed by atoms with van der Waals surface area (Å²) in [6.07, 6.45) is 0. The van der Waals surface area contributed by atoms with Crippen molar-refractivity contribution in [2.45, 2.75) is 39.5 Å². The summed E-state index contributed by atoms with van der Waals surface area (Å²) in [5.74, 6) is 0. The number of nitrogens with zero attached hydrogens (tertiary/aromatic N) is 1. The third kappa shape index (κ3) is 2.20. The molecule has 0 atom stereocenters. The Labute approximate surface area is 90.7 Å². The van der Waals surface area contributed by atoms with E-state index in [9.17, 15) is 0 Å². The summed E-state index contributed by atoms with van der Waals surface area (Å²) in [7, 11) is 0. The molecule has 0 aliphatic carbocycles. The zero-order valence-corrected chi connectivity index (χ0v) is 9.33. The van der Waals surface area contributed by atoms with Crippen LogP contribution in [0.5, 0.6) is 0 Å². The smallest absolute Gasteiger partial charge is 0.0458 e. The van der Waals surface area contributed by atoms with Gasteiger partial charge in [-0.3, -0.25) is 4.90 Å². The van der Waals surface area contributed by atoms with E-state index in [0.29, 0.717) is 12.6 Å². The van der Waals surface area contributed by atoms with Gasteiger partial charge in [-0.25, -0.2) is 5.48 Å². The fourth-order valence-corrected chi connectivity index (χ4v) is 2.04. The molecule has 0 saturated heterocycles. The highest BCUT2D eigenvalue weighted by Crippen LogP contribution is 2.25. The molecule has 1 aliphatic heterocycles. The van der Waals surface area contributed by atoms with Crippen LogP contribution in [-0.4, -0.2) is 16.1 Å². The lowest BCUT2D eigenvalue weighted by Crippen LogP contribution is -2.24. The van der Waals surface area contributed by atoms with Crippen LogP contribution in [-0.2, 0) is 19.6 Å². The Kier molecular flexibility index (Phi) is 3.05. The number of nitrogens with one attached hydrogen (secondary N) is 1. The van der Waals surface area contributed by atoms with Crippen LogP contribution in [0.15, 0.2) is 18.2 Å². The van der Waals surface area contributed by atoms with Crippen molar-refractivity contribution in [3.63, 3.8) is 0 Å². The molecule has 3 heteroatoms. The van der Waals surface area contributed by atoms with Crippen LogP contribution in [0.3, 0.4) is 0 Å². The molecule has 1 aromatic rings. The van der Waals surface area contributed by atoms with E-state index in [4.69, 9.17) is 5.21 Å². The molecule has 0 saturated carbocycles. The van der Waals surface area contributed by atoms with E-state index in [2.05, 4.69) is 42.4 Å². The molecule has 1 aromatic carbocycles. The highest BCUT2D eigenvalue weighted by atomic mass is 16.5. The van der Waals surface area contributed by atoms with Crippen LogP contribution in [0.1, 0.15) is 30.5 Å². The maximum atomic E-state index is 8.65. The Morgan fingerprint density at radius 3 is 2.73 bits per heavy atom. The van der Waals surface area contributed by atoms with Gasteiger partial charge < -0.3 is 5.21 Å². The van der Waals surface area contributed by atoms with Crippen LogP contribution in [0, 0.1) is 0 Å². The largest absolute Gasteiger partial charge is 0.316 e. The van der Waals surface area contributed by atoms with Gasteiger partial charge >= 0.3 is 0 Å². The van der Waals surface area contributed by atoms with Crippen molar-refractivity contribution in [1.29, 1.82) is 0 Å². The van der Waals surface area contributed by atoms with E-state index in [1.54, 1.807) is 0 Å². The Morgan fingerprint density at radius 2 is 2.07 bits per heavy atom. The van der Waals surface area contributed by atoms with Gasteiger partial charge in [-0.1, -0.05) is 18.2 Å². The second-order valence-electron chi connectivity index (χ2n) is 4.44. The Bertz CT molecular complexity index is 349. The van der Waals surface area contributed by atoms with Crippen LogP contribution in [0.4, 0.5) is 0 Å². The normalized spacial score (nSPS) is 16.0. The van der Waals surface area contributed by atoms with Gasteiger partial charge in [-0.2, -0.15) is 0 Å². The zero-order valence-electron chi connectivity index (χ0n) is 9.33. The molecule has 1 heterocycles. The van der Waals surface area contributed by atoms with E-state index < -0.39 is 0 Å². The summed E-state index contributed by atoms with van der Waals surface area (Å²) in [4.78, 5) is 2.45. The lowest BCUT2D eigenvalue weighted by molar-refractivity contribution is 0.161. The predicted molar refractivity (Wildman–Crippen MR) is 59.5 cm³/mol. The van der Waals surface area contributed by atoms with E-state index in [-0.39, 0.29) is 0 Å². The van der Waals surface area contributed by atoms with E-state index >= 15 is 0 Å². The first-order valence-electron chi connectivity index (χ1n) is 5.42. The van der Waals surface area contributed by atoms with Gasteiger partial charge in [0.1, 0.15) is 0 Å². The van der Waals surface area contributed by atoms with Crippen molar-refractivity contribution in [3.05, 3.63) is 34.9 Å². The Morgan fingerprint density at radius 1 is 1.33 bits per heavy atom. The molecule has 1 aliphatic rings.